The van der Waals surface area contributed by atoms with Crippen molar-refractivity contribution in [3.63, 3.8) is 0 Å². The molecule has 0 saturated heterocycles. The minimum absolute atomic E-state index is 0.0994. The molecule has 6 heteroatoms. The molecule has 0 fully saturated rings. The average Bonchev–Trinajstić information content (AvgIpc) is 2.62. The molecule has 1 aromatic heterocycles. The predicted octanol–water partition coefficient (Wildman–Crippen LogP) is 2.65. The van der Waals surface area contributed by atoms with Gasteiger partial charge in [0.05, 0.1) is 17.9 Å². The van der Waals surface area contributed by atoms with Crippen LogP contribution in [0.2, 0.25) is 0 Å². The van der Waals surface area contributed by atoms with Gasteiger partial charge in [0.1, 0.15) is 5.82 Å². The van der Waals surface area contributed by atoms with E-state index in [0.717, 1.165) is 6.42 Å². The van der Waals surface area contributed by atoms with Crippen molar-refractivity contribution < 1.29 is 9.59 Å². The smallest absolute Gasteiger partial charge is 0.256 e. The third-order valence-electron chi connectivity index (χ3n) is 3.87. The predicted molar refractivity (Wildman–Crippen MR) is 94.7 cm³/mol. The molecule has 4 N–H and O–H groups in total. The minimum Gasteiger partial charge on any atom is -0.323 e. The Balaban J connectivity index is 1.96. The highest BCUT2D eigenvalue weighted by atomic mass is 16.2. The maximum Gasteiger partial charge on any atom is 0.256 e. The van der Waals surface area contributed by atoms with Gasteiger partial charge in [0.2, 0.25) is 5.91 Å². The van der Waals surface area contributed by atoms with E-state index in [-0.39, 0.29) is 17.7 Å². The van der Waals surface area contributed by atoms with Crippen molar-refractivity contribution >= 4 is 23.3 Å². The Hall–Kier alpha value is -2.73. The second-order valence-corrected chi connectivity index (χ2v) is 5.65. The van der Waals surface area contributed by atoms with E-state index in [1.54, 1.807) is 36.4 Å². The van der Waals surface area contributed by atoms with Crippen LogP contribution in [0.3, 0.4) is 0 Å². The zero-order chi connectivity index (χ0) is 17.5. The molecule has 0 aliphatic carbocycles. The molecule has 24 heavy (non-hydrogen) atoms. The van der Waals surface area contributed by atoms with Crippen molar-refractivity contribution in [1.82, 2.24) is 4.98 Å². The van der Waals surface area contributed by atoms with Crippen LogP contribution in [-0.2, 0) is 4.79 Å². The molecule has 1 aromatic carbocycles. The van der Waals surface area contributed by atoms with Crippen molar-refractivity contribution in [1.29, 1.82) is 0 Å². The molecule has 6 nitrogen and oxygen atoms in total. The van der Waals surface area contributed by atoms with Crippen molar-refractivity contribution in [2.75, 3.05) is 10.6 Å². The van der Waals surface area contributed by atoms with E-state index in [1.807, 2.05) is 19.9 Å². The van der Waals surface area contributed by atoms with Crippen molar-refractivity contribution in [3.05, 3.63) is 54.2 Å². The maximum atomic E-state index is 12.0. The molecule has 0 bridgehead atoms. The number of pyridine rings is 1. The highest BCUT2D eigenvalue weighted by Gasteiger charge is 2.19. The number of rotatable bonds is 6. The van der Waals surface area contributed by atoms with Gasteiger partial charge in [-0.25, -0.2) is 4.98 Å². The molecule has 2 atom stereocenters. The Labute approximate surface area is 141 Å². The summed E-state index contributed by atoms with van der Waals surface area (Å²) in [5.41, 5.74) is 6.98. The van der Waals surface area contributed by atoms with E-state index >= 15 is 0 Å². The summed E-state index contributed by atoms with van der Waals surface area (Å²) in [6.07, 6.45) is 2.32. The number of anilines is 2. The van der Waals surface area contributed by atoms with Gasteiger partial charge >= 0.3 is 0 Å². The van der Waals surface area contributed by atoms with E-state index in [4.69, 9.17) is 5.73 Å². The SMILES string of the molecule is CCC(C)C(N)C(=O)Nc1ccc(NC(=O)c2ccccc2)nc1. The number of aromatic nitrogens is 1. The van der Waals surface area contributed by atoms with Crippen molar-refractivity contribution in [2.24, 2.45) is 11.7 Å². The van der Waals surface area contributed by atoms with Gasteiger partial charge in [-0.3, -0.25) is 9.59 Å². The largest absolute Gasteiger partial charge is 0.323 e. The summed E-state index contributed by atoms with van der Waals surface area (Å²) in [7, 11) is 0. The lowest BCUT2D eigenvalue weighted by Crippen LogP contribution is -2.40. The van der Waals surface area contributed by atoms with Crippen LogP contribution in [0.5, 0.6) is 0 Å². The molecule has 0 saturated carbocycles. The summed E-state index contributed by atoms with van der Waals surface area (Å²) >= 11 is 0. The summed E-state index contributed by atoms with van der Waals surface area (Å²) in [5, 5.41) is 5.43. The Morgan fingerprint density at radius 1 is 1.12 bits per heavy atom. The fourth-order valence-electron chi connectivity index (χ4n) is 2.06. The molecule has 2 amide bonds. The van der Waals surface area contributed by atoms with Gasteiger partial charge in [-0.05, 0) is 30.2 Å². The molecular weight excluding hydrogens is 304 g/mol. The third-order valence-corrected chi connectivity index (χ3v) is 3.87. The maximum absolute atomic E-state index is 12.0. The number of nitrogens with zero attached hydrogens (tertiary/aromatic N) is 1. The molecule has 126 valence electrons. The molecule has 2 unspecified atom stereocenters. The average molecular weight is 326 g/mol. The molecule has 1 heterocycles. The molecule has 2 aromatic rings. The van der Waals surface area contributed by atoms with Crippen molar-refractivity contribution in [3.8, 4) is 0 Å². The number of carbonyl (C=O) groups excluding carboxylic acids is 2. The molecule has 0 radical (unpaired) electrons. The van der Waals surface area contributed by atoms with Crippen LogP contribution < -0.4 is 16.4 Å². The number of amides is 2. The topological polar surface area (TPSA) is 97.1 Å². The first-order chi connectivity index (χ1) is 11.5. The molecule has 0 aliphatic heterocycles. The minimum atomic E-state index is -0.563. The normalized spacial score (nSPS) is 13.0. The standard InChI is InChI=1S/C18H22N4O2/c1-3-12(2)16(19)18(24)21-14-9-10-15(20-11-14)22-17(23)13-7-5-4-6-8-13/h4-12,16H,3,19H2,1-2H3,(H,21,24)(H,20,22,23). The van der Waals surface area contributed by atoms with E-state index in [0.29, 0.717) is 17.1 Å². The van der Waals surface area contributed by atoms with Crippen LogP contribution >= 0.6 is 0 Å². The lowest BCUT2D eigenvalue weighted by molar-refractivity contribution is -0.118. The summed E-state index contributed by atoms with van der Waals surface area (Å²) < 4.78 is 0. The van der Waals surface area contributed by atoms with E-state index in [2.05, 4.69) is 15.6 Å². The van der Waals surface area contributed by atoms with Gasteiger partial charge in [0.15, 0.2) is 0 Å². The fourth-order valence-corrected chi connectivity index (χ4v) is 2.06. The van der Waals surface area contributed by atoms with Crippen LogP contribution in [0, 0.1) is 5.92 Å². The lowest BCUT2D eigenvalue weighted by atomic mass is 9.99. The van der Waals surface area contributed by atoms with Gasteiger partial charge in [-0.1, -0.05) is 38.5 Å². The molecular formula is C18H22N4O2. The van der Waals surface area contributed by atoms with E-state index in [1.165, 1.54) is 6.20 Å². The van der Waals surface area contributed by atoms with Gasteiger partial charge in [0.25, 0.3) is 5.91 Å². The Bertz CT molecular complexity index is 686. The zero-order valence-electron chi connectivity index (χ0n) is 13.8. The number of benzene rings is 1. The Morgan fingerprint density at radius 3 is 2.42 bits per heavy atom. The third kappa shape index (κ3) is 4.63. The lowest BCUT2D eigenvalue weighted by Gasteiger charge is -2.17. The number of hydrogen-bond donors (Lipinski definition) is 3. The van der Waals surface area contributed by atoms with Gasteiger partial charge in [0, 0.05) is 5.56 Å². The summed E-state index contributed by atoms with van der Waals surface area (Å²) in [6.45, 7) is 3.92. The number of carbonyl (C=O) groups is 2. The van der Waals surface area contributed by atoms with Crippen LogP contribution in [0.1, 0.15) is 30.6 Å². The summed E-state index contributed by atoms with van der Waals surface area (Å²) in [5.74, 6) is 0.0290. The van der Waals surface area contributed by atoms with E-state index < -0.39 is 6.04 Å². The summed E-state index contributed by atoms with van der Waals surface area (Å²) in [4.78, 5) is 28.2. The quantitative estimate of drug-likeness (QED) is 0.760. The fraction of sp³-hybridized carbons (Fsp3) is 0.278. The van der Waals surface area contributed by atoms with Crippen LogP contribution in [0.25, 0.3) is 0 Å². The molecule has 2 rings (SSSR count). The Morgan fingerprint density at radius 2 is 1.83 bits per heavy atom. The number of nitrogens with two attached hydrogens (primary N) is 1. The van der Waals surface area contributed by atoms with Crippen LogP contribution in [0.15, 0.2) is 48.7 Å². The summed E-state index contributed by atoms with van der Waals surface area (Å²) in [6, 6.07) is 11.6. The van der Waals surface area contributed by atoms with Gasteiger partial charge in [-0.15, -0.1) is 0 Å². The number of nitrogens with one attached hydrogen (secondary N) is 2. The first-order valence-electron chi connectivity index (χ1n) is 7.90. The first kappa shape index (κ1) is 17.6. The first-order valence-corrected chi connectivity index (χ1v) is 7.90. The van der Waals surface area contributed by atoms with Crippen molar-refractivity contribution in [2.45, 2.75) is 26.3 Å². The second-order valence-electron chi connectivity index (χ2n) is 5.65. The monoisotopic (exact) mass is 326 g/mol. The second kappa shape index (κ2) is 8.21. The number of hydrogen-bond acceptors (Lipinski definition) is 4. The molecule has 0 aliphatic rings. The highest BCUT2D eigenvalue weighted by molar-refractivity contribution is 6.03. The van der Waals surface area contributed by atoms with Gasteiger partial charge < -0.3 is 16.4 Å². The van der Waals surface area contributed by atoms with Crippen LogP contribution in [-0.4, -0.2) is 22.8 Å². The Kier molecular flexibility index (Phi) is 6.03. The zero-order valence-corrected chi connectivity index (χ0v) is 13.8. The highest BCUT2D eigenvalue weighted by Crippen LogP contribution is 2.13. The molecule has 0 spiro atoms. The van der Waals surface area contributed by atoms with Gasteiger partial charge in [-0.2, -0.15) is 0 Å². The van der Waals surface area contributed by atoms with Crippen LogP contribution in [0.4, 0.5) is 11.5 Å². The van der Waals surface area contributed by atoms with E-state index in [9.17, 15) is 9.59 Å².